The lowest BCUT2D eigenvalue weighted by Crippen LogP contribution is -2.14. The molecule has 1 N–H and O–H groups in total. The van der Waals surface area contributed by atoms with Crippen LogP contribution in [-0.2, 0) is 17.6 Å². The Kier molecular flexibility index (Phi) is 3.22. The van der Waals surface area contributed by atoms with Crippen LogP contribution in [0.15, 0.2) is 12.3 Å². The highest BCUT2D eigenvalue weighted by molar-refractivity contribution is 5.90. The molecule has 0 atom stereocenters. The summed E-state index contributed by atoms with van der Waals surface area (Å²) in [5.74, 6) is 0.470. The summed E-state index contributed by atoms with van der Waals surface area (Å²) < 4.78 is 0. The molecule has 0 radical (unpaired) electrons. The van der Waals surface area contributed by atoms with E-state index in [9.17, 15) is 4.79 Å². The van der Waals surface area contributed by atoms with Crippen molar-refractivity contribution in [3.63, 3.8) is 0 Å². The quantitative estimate of drug-likeness (QED) is 0.847. The smallest absolute Gasteiger partial charge is 0.224 e. The van der Waals surface area contributed by atoms with E-state index >= 15 is 0 Å². The Balaban J connectivity index is 2.02. The highest BCUT2D eigenvalue weighted by Crippen LogP contribution is 2.22. The van der Waals surface area contributed by atoms with Gasteiger partial charge in [-0.15, -0.1) is 0 Å². The van der Waals surface area contributed by atoms with E-state index in [4.69, 9.17) is 0 Å². The Morgan fingerprint density at radius 1 is 1.50 bits per heavy atom. The number of nitrogens with one attached hydrogen (secondary N) is 1. The lowest BCUT2D eigenvalue weighted by molar-refractivity contribution is -0.116. The Morgan fingerprint density at radius 3 is 3.06 bits per heavy atom. The topological polar surface area (TPSA) is 42.0 Å². The molecule has 0 aromatic carbocycles. The third-order valence-corrected chi connectivity index (χ3v) is 2.80. The second-order valence-electron chi connectivity index (χ2n) is 4.83. The normalized spacial score (nSPS) is 13.9. The van der Waals surface area contributed by atoms with Gasteiger partial charge in [0, 0.05) is 12.1 Å². The van der Waals surface area contributed by atoms with Crippen LogP contribution < -0.4 is 5.32 Å². The fraction of sp³-hybridized carbons (Fsp3) is 0.538. The van der Waals surface area contributed by atoms with Gasteiger partial charge < -0.3 is 5.32 Å². The molecule has 0 fully saturated rings. The van der Waals surface area contributed by atoms with Crippen molar-refractivity contribution in [2.45, 2.75) is 39.5 Å². The number of carbonyl (C=O) groups excluding carboxylic acids is 1. The Labute approximate surface area is 96.3 Å². The summed E-state index contributed by atoms with van der Waals surface area (Å²) in [6.07, 6.45) is 5.69. The van der Waals surface area contributed by atoms with Crippen LogP contribution >= 0.6 is 0 Å². The standard InChI is InChI=1S/C13H18N2O/c1-9(2)6-13(16)15-11-7-10-4-3-5-12(10)14-8-11/h7-9H,3-6H2,1-2H3,(H,15,16). The molecule has 0 spiro atoms. The van der Waals surface area contributed by atoms with Gasteiger partial charge in [-0.3, -0.25) is 9.78 Å². The average molecular weight is 218 g/mol. The minimum atomic E-state index is 0.0785. The van der Waals surface area contributed by atoms with Gasteiger partial charge in [-0.1, -0.05) is 13.8 Å². The van der Waals surface area contributed by atoms with Crippen molar-refractivity contribution < 1.29 is 4.79 Å². The van der Waals surface area contributed by atoms with E-state index in [0.717, 1.165) is 18.5 Å². The minimum absolute atomic E-state index is 0.0785. The number of aryl methyl sites for hydroxylation is 2. The van der Waals surface area contributed by atoms with Gasteiger partial charge in [-0.2, -0.15) is 0 Å². The lowest BCUT2D eigenvalue weighted by atomic mass is 10.1. The SMILES string of the molecule is CC(C)CC(=O)Nc1cnc2c(c1)CCC2. The van der Waals surface area contributed by atoms with E-state index in [-0.39, 0.29) is 5.91 Å². The van der Waals surface area contributed by atoms with Crippen molar-refractivity contribution in [3.05, 3.63) is 23.5 Å². The molecule has 1 aromatic rings. The van der Waals surface area contributed by atoms with Crippen molar-refractivity contribution in [3.8, 4) is 0 Å². The van der Waals surface area contributed by atoms with Gasteiger partial charge in [0.25, 0.3) is 0 Å². The largest absolute Gasteiger partial charge is 0.325 e. The van der Waals surface area contributed by atoms with Crippen LogP contribution in [0, 0.1) is 5.92 Å². The zero-order valence-corrected chi connectivity index (χ0v) is 9.92. The third-order valence-electron chi connectivity index (χ3n) is 2.80. The van der Waals surface area contributed by atoms with E-state index in [0.29, 0.717) is 12.3 Å². The summed E-state index contributed by atoms with van der Waals surface area (Å²) in [6.45, 7) is 4.08. The summed E-state index contributed by atoms with van der Waals surface area (Å²) in [4.78, 5) is 16.0. The maximum absolute atomic E-state index is 11.6. The fourth-order valence-electron chi connectivity index (χ4n) is 2.08. The third kappa shape index (κ3) is 2.60. The maximum Gasteiger partial charge on any atom is 0.224 e. The highest BCUT2D eigenvalue weighted by Gasteiger charge is 2.13. The van der Waals surface area contributed by atoms with Gasteiger partial charge in [0.1, 0.15) is 0 Å². The molecule has 1 aliphatic rings. The number of nitrogens with zero attached hydrogens (tertiary/aromatic N) is 1. The molecule has 86 valence electrons. The zero-order chi connectivity index (χ0) is 11.5. The van der Waals surface area contributed by atoms with Gasteiger partial charge in [0.15, 0.2) is 0 Å². The van der Waals surface area contributed by atoms with Crippen molar-refractivity contribution in [1.29, 1.82) is 0 Å². The van der Waals surface area contributed by atoms with Crippen molar-refractivity contribution in [1.82, 2.24) is 4.98 Å². The van der Waals surface area contributed by atoms with Gasteiger partial charge in [0.2, 0.25) is 5.91 Å². The first-order chi connectivity index (χ1) is 7.65. The zero-order valence-electron chi connectivity index (χ0n) is 9.92. The number of aromatic nitrogens is 1. The van der Waals surface area contributed by atoms with E-state index in [1.54, 1.807) is 6.20 Å². The molecule has 0 saturated heterocycles. The molecule has 2 rings (SSSR count). The predicted octanol–water partition coefficient (Wildman–Crippen LogP) is 2.55. The van der Waals surface area contributed by atoms with E-state index in [2.05, 4.69) is 16.4 Å². The first-order valence-corrected chi connectivity index (χ1v) is 5.93. The van der Waals surface area contributed by atoms with Crippen LogP contribution in [0.1, 0.15) is 37.9 Å². The second kappa shape index (κ2) is 4.64. The predicted molar refractivity (Wildman–Crippen MR) is 64.3 cm³/mol. The molecule has 3 nitrogen and oxygen atoms in total. The van der Waals surface area contributed by atoms with E-state index < -0.39 is 0 Å². The fourth-order valence-corrected chi connectivity index (χ4v) is 2.08. The first kappa shape index (κ1) is 11.1. The van der Waals surface area contributed by atoms with Crippen LogP contribution in [0.2, 0.25) is 0 Å². The highest BCUT2D eigenvalue weighted by atomic mass is 16.1. The molecule has 3 heteroatoms. The number of amides is 1. The van der Waals surface area contributed by atoms with Crippen LogP contribution in [0.4, 0.5) is 5.69 Å². The second-order valence-corrected chi connectivity index (χ2v) is 4.83. The molecule has 16 heavy (non-hydrogen) atoms. The molecular formula is C13H18N2O. The van der Waals surface area contributed by atoms with Crippen molar-refractivity contribution >= 4 is 11.6 Å². The Hall–Kier alpha value is -1.38. The molecule has 1 heterocycles. The molecule has 1 aromatic heterocycles. The number of hydrogen-bond acceptors (Lipinski definition) is 2. The van der Waals surface area contributed by atoms with Crippen molar-refractivity contribution in [2.75, 3.05) is 5.32 Å². The van der Waals surface area contributed by atoms with Gasteiger partial charge in [-0.25, -0.2) is 0 Å². The Bertz CT molecular complexity index is 399. The number of fused-ring (bicyclic) bond motifs is 1. The molecule has 1 amide bonds. The van der Waals surface area contributed by atoms with Crippen LogP contribution in [0.3, 0.4) is 0 Å². The maximum atomic E-state index is 11.6. The Morgan fingerprint density at radius 2 is 2.31 bits per heavy atom. The number of carbonyl (C=O) groups is 1. The molecule has 0 aliphatic heterocycles. The summed E-state index contributed by atoms with van der Waals surface area (Å²) >= 11 is 0. The molecule has 1 aliphatic carbocycles. The van der Waals surface area contributed by atoms with Gasteiger partial charge >= 0.3 is 0 Å². The first-order valence-electron chi connectivity index (χ1n) is 5.93. The summed E-state index contributed by atoms with van der Waals surface area (Å²) in [6, 6.07) is 2.06. The van der Waals surface area contributed by atoms with Crippen LogP contribution in [0.5, 0.6) is 0 Å². The number of rotatable bonds is 3. The number of anilines is 1. The summed E-state index contributed by atoms with van der Waals surface area (Å²) in [7, 11) is 0. The van der Waals surface area contributed by atoms with E-state index in [1.165, 1.54) is 17.7 Å². The number of hydrogen-bond donors (Lipinski definition) is 1. The summed E-state index contributed by atoms with van der Waals surface area (Å²) in [5, 5.41) is 2.90. The molecule has 0 bridgehead atoms. The molecular weight excluding hydrogens is 200 g/mol. The van der Waals surface area contributed by atoms with Crippen LogP contribution in [0.25, 0.3) is 0 Å². The van der Waals surface area contributed by atoms with E-state index in [1.807, 2.05) is 13.8 Å². The summed E-state index contributed by atoms with van der Waals surface area (Å²) in [5.41, 5.74) is 3.33. The molecule has 0 unspecified atom stereocenters. The van der Waals surface area contributed by atoms with Crippen LogP contribution in [-0.4, -0.2) is 10.9 Å². The lowest BCUT2D eigenvalue weighted by Gasteiger charge is -2.08. The monoisotopic (exact) mass is 218 g/mol. The van der Waals surface area contributed by atoms with Gasteiger partial charge in [-0.05, 0) is 36.8 Å². The van der Waals surface area contributed by atoms with Crippen molar-refractivity contribution in [2.24, 2.45) is 5.92 Å². The average Bonchev–Trinajstić information content (AvgIpc) is 2.63. The number of pyridine rings is 1. The molecule has 0 saturated carbocycles. The van der Waals surface area contributed by atoms with Gasteiger partial charge in [0.05, 0.1) is 11.9 Å². The minimum Gasteiger partial charge on any atom is -0.325 e.